The number of aromatic nitrogens is 2. The summed E-state index contributed by atoms with van der Waals surface area (Å²) in [6.07, 6.45) is 3.87. The molecular weight excluding hydrogens is 300 g/mol. The lowest BCUT2D eigenvalue weighted by atomic mass is 9.90. The average molecular weight is 326 g/mol. The van der Waals surface area contributed by atoms with Gasteiger partial charge in [-0.3, -0.25) is 9.48 Å². The van der Waals surface area contributed by atoms with Crippen LogP contribution >= 0.6 is 0 Å². The molecule has 0 saturated carbocycles. The SMILES string of the molecule is Cc1cc(C)c(CNC(=O)[C@H]2CNC[C@@H]2c2cnn(C)c2)c(C)c1. The molecule has 1 aromatic heterocycles. The Hall–Kier alpha value is -2.14. The summed E-state index contributed by atoms with van der Waals surface area (Å²) in [5.74, 6) is 0.271. The lowest BCUT2D eigenvalue weighted by Crippen LogP contribution is -2.34. The van der Waals surface area contributed by atoms with Crippen LogP contribution in [0.25, 0.3) is 0 Å². The first-order valence-corrected chi connectivity index (χ1v) is 8.49. The highest BCUT2D eigenvalue weighted by atomic mass is 16.1. The number of nitrogens with zero attached hydrogens (tertiary/aromatic N) is 2. The van der Waals surface area contributed by atoms with Crippen LogP contribution in [0, 0.1) is 26.7 Å². The van der Waals surface area contributed by atoms with E-state index in [0.717, 1.165) is 18.7 Å². The molecule has 1 aliphatic rings. The molecule has 128 valence electrons. The summed E-state index contributed by atoms with van der Waals surface area (Å²) < 4.78 is 1.79. The molecule has 1 aliphatic heterocycles. The highest BCUT2D eigenvalue weighted by Crippen LogP contribution is 2.28. The predicted molar refractivity (Wildman–Crippen MR) is 94.8 cm³/mol. The molecule has 0 aliphatic carbocycles. The molecule has 0 spiro atoms. The third kappa shape index (κ3) is 3.36. The van der Waals surface area contributed by atoms with E-state index in [4.69, 9.17) is 0 Å². The van der Waals surface area contributed by atoms with Gasteiger partial charge in [-0.2, -0.15) is 5.10 Å². The summed E-state index contributed by atoms with van der Waals surface area (Å²) in [6, 6.07) is 4.34. The lowest BCUT2D eigenvalue weighted by Gasteiger charge is -2.18. The molecule has 0 radical (unpaired) electrons. The van der Waals surface area contributed by atoms with Crippen molar-refractivity contribution in [3.05, 3.63) is 52.3 Å². The normalized spacial score (nSPS) is 20.3. The van der Waals surface area contributed by atoms with Crippen molar-refractivity contribution in [1.82, 2.24) is 20.4 Å². The minimum Gasteiger partial charge on any atom is -0.352 e. The number of nitrogens with one attached hydrogen (secondary N) is 2. The van der Waals surface area contributed by atoms with Crippen molar-refractivity contribution in [2.45, 2.75) is 33.2 Å². The Morgan fingerprint density at radius 3 is 2.62 bits per heavy atom. The van der Waals surface area contributed by atoms with Crippen molar-refractivity contribution in [2.75, 3.05) is 13.1 Å². The maximum Gasteiger partial charge on any atom is 0.225 e. The fourth-order valence-corrected chi connectivity index (χ4v) is 3.73. The number of benzene rings is 1. The molecule has 2 N–H and O–H groups in total. The minimum absolute atomic E-state index is 0.0414. The second-order valence-electron chi connectivity index (χ2n) is 6.91. The second-order valence-corrected chi connectivity index (χ2v) is 6.91. The molecule has 2 aromatic rings. The summed E-state index contributed by atoms with van der Waals surface area (Å²) in [5, 5.41) is 10.7. The first-order chi connectivity index (χ1) is 11.5. The molecular formula is C19H26N4O. The van der Waals surface area contributed by atoms with Gasteiger partial charge in [0.25, 0.3) is 0 Å². The zero-order chi connectivity index (χ0) is 17.3. The Balaban J connectivity index is 1.69. The van der Waals surface area contributed by atoms with Gasteiger partial charge < -0.3 is 10.6 Å². The van der Waals surface area contributed by atoms with Gasteiger partial charge in [-0.1, -0.05) is 17.7 Å². The molecule has 1 saturated heterocycles. The van der Waals surface area contributed by atoms with Crippen LogP contribution in [0.5, 0.6) is 0 Å². The number of rotatable bonds is 4. The molecule has 1 aromatic carbocycles. The Bertz CT molecular complexity index is 727. The summed E-state index contributed by atoms with van der Waals surface area (Å²) in [7, 11) is 1.91. The number of hydrogen-bond acceptors (Lipinski definition) is 3. The fraction of sp³-hybridized carbons (Fsp3) is 0.474. The zero-order valence-electron chi connectivity index (χ0n) is 14.9. The number of amides is 1. The van der Waals surface area contributed by atoms with Gasteiger partial charge in [0.2, 0.25) is 5.91 Å². The predicted octanol–water partition coefficient (Wildman–Crippen LogP) is 1.96. The van der Waals surface area contributed by atoms with Gasteiger partial charge in [-0.15, -0.1) is 0 Å². The van der Waals surface area contributed by atoms with E-state index in [2.05, 4.69) is 48.6 Å². The zero-order valence-corrected chi connectivity index (χ0v) is 14.9. The van der Waals surface area contributed by atoms with Crippen LogP contribution < -0.4 is 10.6 Å². The van der Waals surface area contributed by atoms with Gasteiger partial charge in [-0.05, 0) is 43.0 Å². The number of carbonyl (C=O) groups is 1. The van der Waals surface area contributed by atoms with Crippen LogP contribution in [-0.2, 0) is 18.4 Å². The van der Waals surface area contributed by atoms with Gasteiger partial charge in [0.1, 0.15) is 0 Å². The van der Waals surface area contributed by atoms with E-state index in [-0.39, 0.29) is 17.7 Å². The molecule has 5 nitrogen and oxygen atoms in total. The number of hydrogen-bond donors (Lipinski definition) is 2. The van der Waals surface area contributed by atoms with Crippen LogP contribution in [0.15, 0.2) is 24.5 Å². The Kier molecular flexibility index (Phi) is 4.71. The van der Waals surface area contributed by atoms with Crippen molar-refractivity contribution >= 4 is 5.91 Å². The monoisotopic (exact) mass is 326 g/mol. The van der Waals surface area contributed by atoms with Crippen molar-refractivity contribution in [1.29, 1.82) is 0 Å². The summed E-state index contributed by atoms with van der Waals surface area (Å²) >= 11 is 0. The van der Waals surface area contributed by atoms with Gasteiger partial charge in [0.05, 0.1) is 12.1 Å². The summed E-state index contributed by atoms with van der Waals surface area (Å²) in [6.45, 7) is 8.45. The van der Waals surface area contributed by atoms with E-state index < -0.39 is 0 Å². The van der Waals surface area contributed by atoms with Crippen molar-refractivity contribution in [3.63, 3.8) is 0 Å². The highest BCUT2D eigenvalue weighted by molar-refractivity contribution is 5.80. The first kappa shape index (κ1) is 16.7. The van der Waals surface area contributed by atoms with E-state index in [1.165, 1.54) is 22.3 Å². The van der Waals surface area contributed by atoms with Crippen molar-refractivity contribution in [3.8, 4) is 0 Å². The van der Waals surface area contributed by atoms with E-state index in [9.17, 15) is 4.79 Å². The summed E-state index contributed by atoms with van der Waals surface area (Å²) in [5.41, 5.74) is 6.09. The Morgan fingerprint density at radius 1 is 1.29 bits per heavy atom. The standard InChI is InChI=1S/C19H26N4O/c1-12-5-13(2)16(14(3)6-12)10-21-19(24)18-9-20-8-17(18)15-7-22-23(4)11-15/h5-7,11,17-18,20H,8-10H2,1-4H3,(H,21,24)/t17-,18+/m1/s1. The van der Waals surface area contributed by atoms with Crippen LogP contribution in [0.3, 0.4) is 0 Å². The van der Waals surface area contributed by atoms with Crippen LogP contribution in [0.1, 0.15) is 33.7 Å². The molecule has 5 heteroatoms. The van der Waals surface area contributed by atoms with Crippen molar-refractivity contribution in [2.24, 2.45) is 13.0 Å². The third-order valence-corrected chi connectivity index (χ3v) is 4.98. The van der Waals surface area contributed by atoms with Gasteiger partial charge in [-0.25, -0.2) is 0 Å². The molecule has 3 rings (SSSR count). The van der Waals surface area contributed by atoms with Gasteiger partial charge >= 0.3 is 0 Å². The van der Waals surface area contributed by atoms with Crippen LogP contribution in [0.4, 0.5) is 0 Å². The molecule has 1 fully saturated rings. The fourth-order valence-electron chi connectivity index (χ4n) is 3.73. The second kappa shape index (κ2) is 6.77. The number of carbonyl (C=O) groups excluding carboxylic acids is 1. The molecule has 24 heavy (non-hydrogen) atoms. The van der Waals surface area contributed by atoms with E-state index >= 15 is 0 Å². The minimum atomic E-state index is -0.0414. The van der Waals surface area contributed by atoms with E-state index in [1.54, 1.807) is 4.68 Å². The van der Waals surface area contributed by atoms with Gasteiger partial charge in [0, 0.05) is 38.8 Å². The first-order valence-electron chi connectivity index (χ1n) is 8.49. The maximum absolute atomic E-state index is 12.7. The van der Waals surface area contributed by atoms with Crippen LogP contribution in [0.2, 0.25) is 0 Å². The van der Waals surface area contributed by atoms with E-state index in [1.807, 2.05) is 19.4 Å². The van der Waals surface area contributed by atoms with Crippen LogP contribution in [-0.4, -0.2) is 28.8 Å². The molecule has 2 heterocycles. The third-order valence-electron chi connectivity index (χ3n) is 4.98. The molecule has 1 amide bonds. The Morgan fingerprint density at radius 2 is 2.00 bits per heavy atom. The van der Waals surface area contributed by atoms with E-state index in [0.29, 0.717) is 6.54 Å². The lowest BCUT2D eigenvalue weighted by molar-refractivity contribution is -0.125. The maximum atomic E-state index is 12.7. The van der Waals surface area contributed by atoms with Gasteiger partial charge in [0.15, 0.2) is 0 Å². The smallest absolute Gasteiger partial charge is 0.225 e. The largest absolute Gasteiger partial charge is 0.352 e. The van der Waals surface area contributed by atoms with Crippen molar-refractivity contribution < 1.29 is 4.79 Å². The topological polar surface area (TPSA) is 59.0 Å². The molecule has 0 bridgehead atoms. The highest BCUT2D eigenvalue weighted by Gasteiger charge is 2.34. The Labute approximate surface area is 143 Å². The number of aryl methyl sites for hydroxylation is 4. The average Bonchev–Trinajstić information content (AvgIpc) is 3.14. The molecule has 2 atom stereocenters. The molecule has 0 unspecified atom stereocenters. The summed E-state index contributed by atoms with van der Waals surface area (Å²) in [4.78, 5) is 12.7. The quantitative estimate of drug-likeness (QED) is 0.903.